The third kappa shape index (κ3) is 1.60. The number of hydrogen-bond acceptors (Lipinski definition) is 2. The maximum Gasteiger partial charge on any atom is 0.123 e. The van der Waals surface area contributed by atoms with Crippen molar-refractivity contribution in [2.75, 3.05) is 13.7 Å². The lowest BCUT2D eigenvalue weighted by atomic mass is 9.95. The van der Waals surface area contributed by atoms with E-state index in [1.54, 1.807) is 0 Å². The average Bonchev–Trinajstić information content (AvgIpc) is 2.59. The van der Waals surface area contributed by atoms with Crippen LogP contribution >= 0.6 is 11.6 Å². The summed E-state index contributed by atoms with van der Waals surface area (Å²) in [7, 11) is 1.97. The first kappa shape index (κ1) is 9.81. The highest BCUT2D eigenvalue weighted by Gasteiger charge is 2.28. The summed E-state index contributed by atoms with van der Waals surface area (Å²) < 4.78 is 5.59. The Bertz CT molecular complexity index is 340. The van der Waals surface area contributed by atoms with Crippen molar-refractivity contribution < 1.29 is 4.74 Å². The molecule has 1 aromatic carbocycles. The fourth-order valence-electron chi connectivity index (χ4n) is 1.82. The first-order valence-corrected chi connectivity index (χ1v) is 5.19. The highest BCUT2D eigenvalue weighted by molar-refractivity contribution is 6.30. The number of hydrogen-bond donors (Lipinski definition) is 1. The van der Waals surface area contributed by atoms with Crippen LogP contribution < -0.4 is 10.1 Å². The second-order valence-corrected chi connectivity index (χ2v) is 4.11. The summed E-state index contributed by atoms with van der Waals surface area (Å²) in [6.45, 7) is 2.90. The molecule has 2 nitrogen and oxygen atoms in total. The Kier molecular flexibility index (Phi) is 2.66. The second-order valence-electron chi connectivity index (χ2n) is 3.68. The zero-order valence-electron chi connectivity index (χ0n) is 8.38. The van der Waals surface area contributed by atoms with Crippen LogP contribution in [0.4, 0.5) is 0 Å². The number of fused-ring (bicyclic) bond motifs is 1. The van der Waals surface area contributed by atoms with Gasteiger partial charge in [-0.2, -0.15) is 0 Å². The minimum Gasteiger partial charge on any atom is -0.493 e. The number of ether oxygens (including phenoxy) is 1. The lowest BCUT2D eigenvalue weighted by Gasteiger charge is -2.17. The van der Waals surface area contributed by atoms with Crippen molar-refractivity contribution in [2.45, 2.75) is 18.9 Å². The zero-order chi connectivity index (χ0) is 10.1. The van der Waals surface area contributed by atoms with Gasteiger partial charge in [0, 0.05) is 22.5 Å². The molecule has 1 N–H and O–H groups in total. The topological polar surface area (TPSA) is 21.3 Å². The van der Waals surface area contributed by atoms with Gasteiger partial charge in [-0.25, -0.2) is 0 Å². The van der Waals surface area contributed by atoms with Gasteiger partial charge in [-0.1, -0.05) is 11.6 Å². The van der Waals surface area contributed by atoms with Gasteiger partial charge in [-0.15, -0.1) is 0 Å². The quantitative estimate of drug-likeness (QED) is 0.812. The van der Waals surface area contributed by atoms with Gasteiger partial charge in [-0.3, -0.25) is 0 Å². The molecule has 0 aromatic heterocycles. The van der Waals surface area contributed by atoms with Crippen LogP contribution in [0.2, 0.25) is 5.02 Å². The van der Waals surface area contributed by atoms with Crippen LogP contribution in [0.3, 0.4) is 0 Å². The minimum absolute atomic E-state index is 0.411. The second kappa shape index (κ2) is 3.79. The number of nitrogens with one attached hydrogen (secondary N) is 1. The maximum atomic E-state index is 5.96. The van der Waals surface area contributed by atoms with Gasteiger partial charge >= 0.3 is 0 Å². The largest absolute Gasteiger partial charge is 0.493 e. The first-order chi connectivity index (χ1) is 6.72. The molecule has 76 valence electrons. The summed E-state index contributed by atoms with van der Waals surface area (Å²) in [6.07, 6.45) is 0. The molecule has 2 rings (SSSR count). The van der Waals surface area contributed by atoms with Crippen molar-refractivity contribution in [1.82, 2.24) is 5.32 Å². The van der Waals surface area contributed by atoms with E-state index in [2.05, 4.69) is 12.2 Å². The zero-order valence-corrected chi connectivity index (χ0v) is 9.14. The van der Waals surface area contributed by atoms with E-state index in [9.17, 15) is 0 Å². The SMILES string of the molecule is CNC(C)C1COc2ccc(Cl)cc21. The Balaban J connectivity index is 2.33. The summed E-state index contributed by atoms with van der Waals surface area (Å²) in [5.41, 5.74) is 1.22. The fourth-order valence-corrected chi connectivity index (χ4v) is 2.01. The number of rotatable bonds is 2. The summed E-state index contributed by atoms with van der Waals surface area (Å²) in [5.74, 6) is 1.38. The van der Waals surface area contributed by atoms with Crippen LogP contribution in [0.25, 0.3) is 0 Å². The van der Waals surface area contributed by atoms with E-state index in [1.165, 1.54) is 5.56 Å². The van der Waals surface area contributed by atoms with Crippen LogP contribution in [0.5, 0.6) is 5.75 Å². The van der Waals surface area contributed by atoms with E-state index in [0.29, 0.717) is 12.0 Å². The van der Waals surface area contributed by atoms with E-state index in [4.69, 9.17) is 16.3 Å². The molecule has 0 spiro atoms. The van der Waals surface area contributed by atoms with Crippen LogP contribution in [0, 0.1) is 0 Å². The maximum absolute atomic E-state index is 5.96. The third-order valence-electron chi connectivity index (χ3n) is 2.85. The summed E-state index contributed by atoms with van der Waals surface area (Å²) >= 11 is 5.96. The Morgan fingerprint density at radius 2 is 2.36 bits per heavy atom. The molecule has 2 unspecified atom stereocenters. The van der Waals surface area contributed by atoms with Crippen molar-refractivity contribution in [2.24, 2.45) is 0 Å². The Hall–Kier alpha value is -0.730. The molecular weight excluding hydrogens is 198 g/mol. The van der Waals surface area contributed by atoms with Crippen LogP contribution in [-0.4, -0.2) is 19.7 Å². The molecule has 0 fully saturated rings. The van der Waals surface area contributed by atoms with E-state index >= 15 is 0 Å². The summed E-state index contributed by atoms with van der Waals surface area (Å²) in [6, 6.07) is 6.23. The Morgan fingerprint density at radius 1 is 1.57 bits per heavy atom. The first-order valence-electron chi connectivity index (χ1n) is 4.82. The molecule has 0 bridgehead atoms. The van der Waals surface area contributed by atoms with Gasteiger partial charge in [0.15, 0.2) is 0 Å². The number of halogens is 1. The number of likely N-dealkylation sites (N-methyl/N-ethyl adjacent to an activating group) is 1. The highest BCUT2D eigenvalue weighted by atomic mass is 35.5. The molecule has 3 heteroatoms. The highest BCUT2D eigenvalue weighted by Crippen LogP contribution is 2.37. The lowest BCUT2D eigenvalue weighted by Crippen LogP contribution is -2.29. The molecule has 1 heterocycles. The standard InChI is InChI=1S/C11H14ClNO/c1-7(13-2)10-6-14-11-4-3-8(12)5-9(10)11/h3-5,7,10,13H,6H2,1-2H3. The molecule has 1 aliphatic rings. The molecule has 0 aliphatic carbocycles. The third-order valence-corrected chi connectivity index (χ3v) is 3.08. The van der Waals surface area contributed by atoms with Crippen molar-refractivity contribution >= 4 is 11.6 Å². The smallest absolute Gasteiger partial charge is 0.123 e. The van der Waals surface area contributed by atoms with Gasteiger partial charge in [0.2, 0.25) is 0 Å². The van der Waals surface area contributed by atoms with Crippen LogP contribution in [0.1, 0.15) is 18.4 Å². The van der Waals surface area contributed by atoms with E-state index in [-0.39, 0.29) is 0 Å². The molecule has 0 radical (unpaired) electrons. The Labute approximate surface area is 89.2 Å². The molecule has 2 atom stereocenters. The molecule has 1 aromatic rings. The molecular formula is C11H14ClNO. The van der Waals surface area contributed by atoms with Crippen LogP contribution in [-0.2, 0) is 0 Å². The van der Waals surface area contributed by atoms with Crippen LogP contribution in [0.15, 0.2) is 18.2 Å². The van der Waals surface area contributed by atoms with Gasteiger partial charge < -0.3 is 10.1 Å². The van der Waals surface area contributed by atoms with Gasteiger partial charge in [0.1, 0.15) is 5.75 Å². The summed E-state index contributed by atoms with van der Waals surface area (Å²) in [4.78, 5) is 0. The van der Waals surface area contributed by atoms with E-state index in [0.717, 1.165) is 17.4 Å². The van der Waals surface area contributed by atoms with E-state index in [1.807, 2.05) is 25.2 Å². The van der Waals surface area contributed by atoms with Crippen molar-refractivity contribution in [3.63, 3.8) is 0 Å². The molecule has 1 aliphatic heterocycles. The van der Waals surface area contributed by atoms with Crippen molar-refractivity contribution in [3.8, 4) is 5.75 Å². The summed E-state index contributed by atoms with van der Waals surface area (Å²) in [5, 5.41) is 4.02. The normalized spacial score (nSPS) is 21.5. The minimum atomic E-state index is 0.411. The van der Waals surface area contributed by atoms with Gasteiger partial charge in [0.25, 0.3) is 0 Å². The predicted molar refractivity (Wildman–Crippen MR) is 58.2 cm³/mol. The molecule has 0 saturated heterocycles. The lowest BCUT2D eigenvalue weighted by molar-refractivity contribution is 0.308. The monoisotopic (exact) mass is 211 g/mol. The molecule has 0 saturated carbocycles. The average molecular weight is 212 g/mol. The number of benzene rings is 1. The molecule has 0 amide bonds. The fraction of sp³-hybridized carbons (Fsp3) is 0.455. The van der Waals surface area contributed by atoms with Crippen molar-refractivity contribution in [1.29, 1.82) is 0 Å². The van der Waals surface area contributed by atoms with Crippen molar-refractivity contribution in [3.05, 3.63) is 28.8 Å². The van der Waals surface area contributed by atoms with Gasteiger partial charge in [0.05, 0.1) is 6.61 Å². The predicted octanol–water partition coefficient (Wildman–Crippen LogP) is 2.42. The Morgan fingerprint density at radius 3 is 3.07 bits per heavy atom. The van der Waals surface area contributed by atoms with Gasteiger partial charge in [-0.05, 0) is 32.2 Å². The molecule has 14 heavy (non-hydrogen) atoms. The van der Waals surface area contributed by atoms with E-state index < -0.39 is 0 Å².